The van der Waals surface area contributed by atoms with Crippen molar-refractivity contribution < 1.29 is 14.3 Å². The Morgan fingerprint density at radius 3 is 2.62 bits per heavy atom. The first-order valence-corrected chi connectivity index (χ1v) is 10.8. The standard InChI is InChI=1S/C22H22Cl2N4O3.ClH/c23-16-6-5-15(10-17(16)24)22-19(12-25-7-8-31-22)26-20(29)9-13-1-3-14(4-2-13)18-11-21(30)28-27-18;/h1-6,10,19,22,25H,7-9,11-12H2,(H,26,29)(H,28,30);1H/t19-,22+;/m1./s1. The van der Waals surface area contributed by atoms with Crippen LogP contribution in [-0.2, 0) is 20.7 Å². The maximum absolute atomic E-state index is 12.8. The van der Waals surface area contributed by atoms with E-state index < -0.39 is 0 Å². The minimum absolute atomic E-state index is 0. The highest BCUT2D eigenvalue weighted by Crippen LogP contribution is 2.29. The Morgan fingerprint density at radius 1 is 1.16 bits per heavy atom. The Kier molecular flexibility index (Phi) is 8.51. The van der Waals surface area contributed by atoms with E-state index in [1.165, 1.54) is 0 Å². The fourth-order valence-electron chi connectivity index (χ4n) is 3.67. The fraction of sp³-hybridized carbons (Fsp3) is 0.318. The predicted octanol–water partition coefficient (Wildman–Crippen LogP) is 3.03. The van der Waals surface area contributed by atoms with E-state index in [1.54, 1.807) is 12.1 Å². The van der Waals surface area contributed by atoms with Crippen LogP contribution in [0.4, 0.5) is 0 Å². The molecule has 0 spiro atoms. The summed E-state index contributed by atoms with van der Waals surface area (Å²) in [6, 6.07) is 12.6. The molecule has 7 nitrogen and oxygen atoms in total. The Labute approximate surface area is 202 Å². The molecule has 2 aliphatic rings. The van der Waals surface area contributed by atoms with Crippen molar-refractivity contribution in [1.29, 1.82) is 0 Å². The summed E-state index contributed by atoms with van der Waals surface area (Å²) >= 11 is 12.2. The number of rotatable bonds is 5. The van der Waals surface area contributed by atoms with Crippen molar-refractivity contribution in [2.45, 2.75) is 25.0 Å². The Balaban J connectivity index is 0.00000289. The maximum Gasteiger partial charge on any atom is 0.246 e. The lowest BCUT2D eigenvalue weighted by molar-refractivity contribution is -0.122. The normalized spacial score (nSPS) is 20.6. The second kappa shape index (κ2) is 11.1. The van der Waals surface area contributed by atoms with Crippen LogP contribution < -0.4 is 16.1 Å². The van der Waals surface area contributed by atoms with E-state index in [0.717, 1.165) is 16.7 Å². The van der Waals surface area contributed by atoms with Gasteiger partial charge in [-0.15, -0.1) is 12.4 Å². The van der Waals surface area contributed by atoms with Crippen LogP contribution in [0.3, 0.4) is 0 Å². The molecule has 1 fully saturated rings. The summed E-state index contributed by atoms with van der Waals surface area (Å²) in [5.41, 5.74) is 5.74. The molecule has 2 amide bonds. The molecule has 2 atom stereocenters. The number of benzene rings is 2. The third kappa shape index (κ3) is 5.99. The first-order valence-electron chi connectivity index (χ1n) is 10.0. The van der Waals surface area contributed by atoms with Crippen molar-refractivity contribution in [3.63, 3.8) is 0 Å². The molecule has 0 unspecified atom stereocenters. The number of amides is 2. The van der Waals surface area contributed by atoms with Gasteiger partial charge in [-0.2, -0.15) is 5.10 Å². The first-order chi connectivity index (χ1) is 15.0. The summed E-state index contributed by atoms with van der Waals surface area (Å²) in [6.45, 7) is 1.81. The molecule has 0 aromatic heterocycles. The van der Waals surface area contributed by atoms with Crippen LogP contribution in [-0.4, -0.2) is 43.3 Å². The molecular weight excluding hydrogens is 475 g/mol. The molecule has 2 aliphatic heterocycles. The number of nitrogens with one attached hydrogen (secondary N) is 3. The number of hydrogen-bond donors (Lipinski definition) is 3. The molecule has 170 valence electrons. The number of carbonyl (C=O) groups excluding carboxylic acids is 2. The summed E-state index contributed by atoms with van der Waals surface area (Å²) in [7, 11) is 0. The summed E-state index contributed by atoms with van der Waals surface area (Å²) in [4.78, 5) is 24.1. The van der Waals surface area contributed by atoms with Crippen LogP contribution in [0.25, 0.3) is 0 Å². The molecule has 32 heavy (non-hydrogen) atoms. The summed E-state index contributed by atoms with van der Waals surface area (Å²) in [5.74, 6) is -0.223. The van der Waals surface area contributed by atoms with Crippen molar-refractivity contribution in [3.05, 3.63) is 69.2 Å². The van der Waals surface area contributed by atoms with Crippen LogP contribution in [0.15, 0.2) is 47.6 Å². The van der Waals surface area contributed by atoms with Gasteiger partial charge in [0.1, 0.15) is 6.10 Å². The maximum atomic E-state index is 12.8. The zero-order valence-corrected chi connectivity index (χ0v) is 19.4. The first kappa shape index (κ1) is 24.5. The van der Waals surface area contributed by atoms with Crippen molar-refractivity contribution in [2.24, 2.45) is 5.10 Å². The molecule has 0 saturated carbocycles. The Bertz CT molecular complexity index is 1010. The monoisotopic (exact) mass is 496 g/mol. The van der Waals surface area contributed by atoms with Gasteiger partial charge in [0.15, 0.2) is 0 Å². The average molecular weight is 498 g/mol. The van der Waals surface area contributed by atoms with E-state index in [4.69, 9.17) is 27.9 Å². The topological polar surface area (TPSA) is 91.8 Å². The smallest absolute Gasteiger partial charge is 0.246 e. The van der Waals surface area contributed by atoms with Crippen molar-refractivity contribution >= 4 is 53.1 Å². The molecule has 0 radical (unpaired) electrons. The van der Waals surface area contributed by atoms with Crippen molar-refractivity contribution in [3.8, 4) is 0 Å². The van der Waals surface area contributed by atoms with E-state index in [2.05, 4.69) is 21.2 Å². The average Bonchev–Trinajstić information content (AvgIpc) is 3.06. The van der Waals surface area contributed by atoms with Gasteiger partial charge in [0.2, 0.25) is 11.8 Å². The predicted molar refractivity (Wildman–Crippen MR) is 127 cm³/mol. The molecule has 2 aromatic rings. The van der Waals surface area contributed by atoms with Gasteiger partial charge in [-0.3, -0.25) is 9.59 Å². The second-order valence-corrected chi connectivity index (χ2v) is 8.30. The lowest BCUT2D eigenvalue weighted by atomic mass is 10.0. The molecule has 10 heteroatoms. The minimum Gasteiger partial charge on any atom is -0.370 e. The van der Waals surface area contributed by atoms with Crippen molar-refractivity contribution in [2.75, 3.05) is 19.7 Å². The van der Waals surface area contributed by atoms with Gasteiger partial charge in [0, 0.05) is 13.1 Å². The molecule has 2 heterocycles. The number of ether oxygens (including phenoxy) is 1. The van der Waals surface area contributed by atoms with Gasteiger partial charge >= 0.3 is 0 Å². The van der Waals surface area contributed by atoms with Gasteiger partial charge in [-0.1, -0.05) is 53.5 Å². The zero-order chi connectivity index (χ0) is 21.8. The highest BCUT2D eigenvalue weighted by molar-refractivity contribution is 6.42. The molecule has 0 aliphatic carbocycles. The zero-order valence-electron chi connectivity index (χ0n) is 17.1. The van der Waals surface area contributed by atoms with E-state index in [1.807, 2.05) is 30.3 Å². The lowest BCUT2D eigenvalue weighted by Gasteiger charge is -2.26. The summed E-state index contributed by atoms with van der Waals surface area (Å²) in [6.07, 6.45) is 0.167. The highest BCUT2D eigenvalue weighted by atomic mass is 35.5. The van der Waals surface area contributed by atoms with Crippen LogP contribution in [0, 0.1) is 0 Å². The third-order valence-electron chi connectivity index (χ3n) is 5.22. The molecule has 2 aromatic carbocycles. The number of halogens is 3. The number of nitrogens with zero attached hydrogens (tertiary/aromatic N) is 1. The Morgan fingerprint density at radius 2 is 1.94 bits per heavy atom. The molecule has 1 saturated heterocycles. The molecular formula is C22H23Cl3N4O3. The molecule has 3 N–H and O–H groups in total. The van der Waals surface area contributed by atoms with E-state index in [-0.39, 0.29) is 49.2 Å². The van der Waals surface area contributed by atoms with Crippen molar-refractivity contribution in [1.82, 2.24) is 16.1 Å². The number of hydrogen-bond acceptors (Lipinski definition) is 5. The molecule has 4 rings (SSSR count). The number of hydrazone groups is 1. The Hall–Kier alpha value is -2.16. The summed E-state index contributed by atoms with van der Waals surface area (Å²) in [5, 5.41) is 11.3. The summed E-state index contributed by atoms with van der Waals surface area (Å²) < 4.78 is 6.00. The van der Waals surface area contributed by atoms with Gasteiger partial charge in [0.25, 0.3) is 0 Å². The third-order valence-corrected chi connectivity index (χ3v) is 5.96. The molecule has 0 bridgehead atoms. The van der Waals surface area contributed by atoms with Crippen LogP contribution >= 0.6 is 35.6 Å². The van der Waals surface area contributed by atoms with Gasteiger partial charge in [-0.05, 0) is 28.8 Å². The highest BCUT2D eigenvalue weighted by Gasteiger charge is 2.28. The number of carbonyl (C=O) groups is 2. The van der Waals surface area contributed by atoms with Gasteiger partial charge in [0.05, 0.1) is 41.2 Å². The van der Waals surface area contributed by atoms with Gasteiger partial charge in [-0.25, -0.2) is 5.43 Å². The quantitative estimate of drug-likeness (QED) is 0.592. The SMILES string of the molecule is Cl.O=C1CC(c2ccc(CC(=O)N[C@@H]3CNCCO[C@H]3c3ccc(Cl)c(Cl)c3)cc2)=NN1. The lowest BCUT2D eigenvalue weighted by Crippen LogP contribution is -2.45. The van der Waals surface area contributed by atoms with Crippen LogP contribution in [0.1, 0.15) is 29.2 Å². The van der Waals surface area contributed by atoms with E-state index in [0.29, 0.717) is 35.5 Å². The largest absolute Gasteiger partial charge is 0.370 e. The van der Waals surface area contributed by atoms with Gasteiger partial charge < -0.3 is 15.4 Å². The van der Waals surface area contributed by atoms with Crippen LogP contribution in [0.2, 0.25) is 10.0 Å². The van der Waals surface area contributed by atoms with E-state index >= 15 is 0 Å². The van der Waals surface area contributed by atoms with E-state index in [9.17, 15) is 9.59 Å². The minimum atomic E-state index is -0.332. The van der Waals surface area contributed by atoms with Crippen LogP contribution in [0.5, 0.6) is 0 Å². The fourth-order valence-corrected chi connectivity index (χ4v) is 3.98. The second-order valence-electron chi connectivity index (χ2n) is 7.49.